The zero-order valence-corrected chi connectivity index (χ0v) is 32.2. The van der Waals surface area contributed by atoms with E-state index in [-0.39, 0.29) is 6.92 Å². The molecule has 0 atom stereocenters. The first-order valence-electron chi connectivity index (χ1n) is 15.4. The summed E-state index contributed by atoms with van der Waals surface area (Å²) < 4.78 is 452. The van der Waals surface area contributed by atoms with Crippen LogP contribution in [-0.2, 0) is 28.8 Å². The minimum atomic E-state index is -8.38. The van der Waals surface area contributed by atoms with Crippen molar-refractivity contribution in [2.45, 2.75) is 66.1 Å². The van der Waals surface area contributed by atoms with E-state index in [9.17, 15) is 144 Å². The second-order valence-electron chi connectivity index (χ2n) is 12.0. The Hall–Kier alpha value is -5.15. The van der Waals surface area contributed by atoms with E-state index in [2.05, 4.69) is 18.0 Å². The Kier molecular flexibility index (Phi) is 15.9. The lowest BCUT2D eigenvalue weighted by Gasteiger charge is -2.31. The molecule has 41 heteroatoms. The quantitative estimate of drug-likeness (QED) is 0.0474. The van der Waals surface area contributed by atoms with Crippen LogP contribution < -0.4 is 9.47 Å². The third-order valence-corrected chi connectivity index (χ3v) is 9.76. The molecule has 390 valence electrons. The van der Waals surface area contributed by atoms with Crippen LogP contribution in [0.1, 0.15) is 24.5 Å². The van der Waals surface area contributed by atoms with E-state index in [1.54, 1.807) is 0 Å². The summed E-state index contributed by atoms with van der Waals surface area (Å²) in [7, 11) is -16.3. The van der Waals surface area contributed by atoms with E-state index >= 15 is 0 Å². The van der Waals surface area contributed by atoms with Gasteiger partial charge in [0.05, 0.1) is 30.1 Å². The SMILES string of the molecule is C/C(=N\OS(=O)(=O)C(F)(F)C(F)(F)C(F)(F)C(F)(F)F)c1c(F)c(F)c(OCCCOc2c(F)c(F)c(/C(=N/OS(=O)(=O)C(F)(F)C(F)(F)C(F)(F)C(F)(F)F)C(F)(F)F)c(F)c2F)c(F)c1F. The van der Waals surface area contributed by atoms with Gasteiger partial charge in [0.15, 0.2) is 40.5 Å². The van der Waals surface area contributed by atoms with Gasteiger partial charge in [-0.3, -0.25) is 8.57 Å². The molecule has 0 aromatic heterocycles. The van der Waals surface area contributed by atoms with Crippen LogP contribution in [0.25, 0.3) is 0 Å². The number of oxime groups is 2. The molecule has 0 aliphatic rings. The zero-order valence-electron chi connectivity index (χ0n) is 30.6. The predicted molar refractivity (Wildman–Crippen MR) is 155 cm³/mol. The molecule has 0 unspecified atom stereocenters. The molecule has 0 radical (unpaired) electrons. The molecule has 2 aromatic carbocycles. The highest BCUT2D eigenvalue weighted by molar-refractivity contribution is 7.88. The summed E-state index contributed by atoms with van der Waals surface area (Å²) in [6.07, 6.45) is -23.4. The van der Waals surface area contributed by atoms with Crippen LogP contribution >= 0.6 is 0 Å². The van der Waals surface area contributed by atoms with E-state index in [4.69, 9.17) is 0 Å². The van der Waals surface area contributed by atoms with E-state index in [0.717, 1.165) is 5.16 Å². The fourth-order valence-corrected chi connectivity index (χ4v) is 5.47. The molecule has 68 heavy (non-hydrogen) atoms. The van der Waals surface area contributed by atoms with Crippen LogP contribution in [0, 0.1) is 46.5 Å². The molecule has 2 rings (SSSR count). The van der Waals surface area contributed by atoms with Crippen LogP contribution in [0.15, 0.2) is 10.3 Å². The fourth-order valence-electron chi connectivity index (χ4n) is 4.01. The molecule has 0 spiro atoms. The third-order valence-electron chi connectivity index (χ3n) is 7.45. The van der Waals surface area contributed by atoms with Crippen molar-refractivity contribution in [2.24, 2.45) is 10.3 Å². The topological polar surface area (TPSA) is 130 Å². The number of hydrogen-bond acceptors (Lipinski definition) is 10. The van der Waals surface area contributed by atoms with Crippen molar-refractivity contribution in [1.29, 1.82) is 0 Å². The van der Waals surface area contributed by atoms with Crippen LogP contribution in [0.5, 0.6) is 11.5 Å². The van der Waals surface area contributed by atoms with Crippen molar-refractivity contribution >= 4 is 31.7 Å². The van der Waals surface area contributed by atoms with Crippen LogP contribution in [0.4, 0.5) is 127 Å². The van der Waals surface area contributed by atoms with Gasteiger partial charge in [-0.1, -0.05) is 10.3 Å². The van der Waals surface area contributed by atoms with E-state index in [0.29, 0.717) is 0 Å². The highest BCUT2D eigenvalue weighted by Gasteiger charge is 2.87. The number of hydrogen-bond donors (Lipinski definition) is 0. The molecule has 0 N–H and O–H groups in total. The van der Waals surface area contributed by atoms with Gasteiger partial charge in [0, 0.05) is 6.42 Å². The summed E-state index contributed by atoms with van der Waals surface area (Å²) in [6.45, 7) is -3.15. The fraction of sp³-hybridized carbons (Fsp3) is 0.481. The second-order valence-corrected chi connectivity index (χ2v) is 15.1. The van der Waals surface area contributed by atoms with Gasteiger partial charge >= 0.3 is 73.0 Å². The van der Waals surface area contributed by atoms with Crippen molar-refractivity contribution in [3.63, 3.8) is 0 Å². The van der Waals surface area contributed by atoms with Crippen molar-refractivity contribution in [3.8, 4) is 11.5 Å². The van der Waals surface area contributed by atoms with Crippen LogP contribution in [0.3, 0.4) is 0 Å². The van der Waals surface area contributed by atoms with Crippen molar-refractivity contribution in [3.05, 3.63) is 57.7 Å². The zero-order chi connectivity index (χ0) is 53.9. The van der Waals surface area contributed by atoms with Gasteiger partial charge in [-0.15, -0.1) is 0 Å². The highest BCUT2D eigenvalue weighted by atomic mass is 32.2. The highest BCUT2D eigenvalue weighted by Crippen LogP contribution is 2.56. The van der Waals surface area contributed by atoms with Gasteiger partial charge < -0.3 is 9.47 Å². The molecule has 0 heterocycles. The maximum Gasteiger partial charge on any atom is 0.460 e. The number of alkyl halides is 21. The number of benzene rings is 2. The molecule has 10 nitrogen and oxygen atoms in total. The minimum absolute atomic E-state index is 0.0667. The van der Waals surface area contributed by atoms with E-state index in [1.807, 2.05) is 5.16 Å². The lowest BCUT2D eigenvalue weighted by atomic mass is 10.1. The summed E-state index contributed by atoms with van der Waals surface area (Å²) in [5.74, 6) is -61.5. The van der Waals surface area contributed by atoms with Gasteiger partial charge in [-0.25, -0.2) is 17.6 Å². The lowest BCUT2D eigenvalue weighted by Crippen LogP contribution is -2.63. The van der Waals surface area contributed by atoms with Gasteiger partial charge in [0.1, 0.15) is 0 Å². The average Bonchev–Trinajstić information content (AvgIpc) is 3.17. The smallest absolute Gasteiger partial charge is 0.460 e. The van der Waals surface area contributed by atoms with Gasteiger partial charge in [0.2, 0.25) is 23.3 Å². The maximum absolute atomic E-state index is 14.7. The monoisotopic (exact) mass is 1100 g/mol. The Bertz CT molecular complexity index is 2490. The summed E-state index contributed by atoms with van der Waals surface area (Å²) in [6, 6.07) is 0. The number of nitrogens with zero attached hydrogens (tertiary/aromatic N) is 2. The first-order chi connectivity index (χ1) is 30.0. The first-order valence-corrected chi connectivity index (χ1v) is 18.3. The molecule has 0 amide bonds. The predicted octanol–water partition coefficient (Wildman–Crippen LogP) is 10.2. The molecule has 0 fully saturated rings. The summed E-state index contributed by atoms with van der Waals surface area (Å²) in [5, 5.41) is -12.7. The van der Waals surface area contributed by atoms with Crippen molar-refractivity contribution in [1.82, 2.24) is 0 Å². The Labute approximate surface area is 353 Å². The number of halogens is 29. The molecule has 0 saturated carbocycles. The van der Waals surface area contributed by atoms with Gasteiger partial charge in [0.25, 0.3) is 0 Å². The summed E-state index contributed by atoms with van der Waals surface area (Å²) >= 11 is 0. The van der Waals surface area contributed by atoms with E-state index in [1.165, 1.54) is 0 Å². The lowest BCUT2D eigenvalue weighted by molar-refractivity contribution is -0.383. The minimum Gasteiger partial charge on any atom is -0.487 e. The Balaban J connectivity index is 2.41. The van der Waals surface area contributed by atoms with Crippen LogP contribution in [-0.4, -0.2) is 94.2 Å². The molecule has 0 aliphatic heterocycles. The number of ether oxygens (including phenoxy) is 2. The molecule has 2 aromatic rings. The van der Waals surface area contributed by atoms with Gasteiger partial charge in [-0.05, 0) is 6.92 Å². The maximum atomic E-state index is 14.7. The Morgan fingerprint density at radius 3 is 0.985 bits per heavy atom. The molecular formula is C27H9F29N2O8S2. The van der Waals surface area contributed by atoms with Gasteiger partial charge in [-0.2, -0.15) is 127 Å². The molecule has 0 bridgehead atoms. The molecular weight excluding hydrogens is 1100 g/mol. The first kappa shape index (κ1) is 59.0. The van der Waals surface area contributed by atoms with Crippen molar-refractivity contribution in [2.75, 3.05) is 13.2 Å². The Morgan fingerprint density at radius 2 is 0.706 bits per heavy atom. The standard InChI is InChI=1S/C27H9F29N2O8S2/c1-5(57-65-67(59,60)26(53,54)22(43,44)20(39,40)24(47,48)49)6-8(28)12(32)16(13(33)9(6)29)63-3-2-4-64-17-14(34)10(30)7(11(31)15(17)35)18(19(36,37)38)58-66-68(61,62)27(55,56)23(45,46)21(41,42)25(50,51)52/h2-4H2,1H3/b57-5+,58-18-. The van der Waals surface area contributed by atoms with Crippen molar-refractivity contribution < 1.29 is 162 Å². The largest absolute Gasteiger partial charge is 0.487 e. The van der Waals surface area contributed by atoms with E-state index < -0.39 is 173 Å². The second kappa shape index (κ2) is 18.3. The Morgan fingerprint density at radius 1 is 0.426 bits per heavy atom. The summed E-state index contributed by atoms with van der Waals surface area (Å²) in [5.41, 5.74) is -11.7. The normalized spacial score (nSPS) is 14.9. The molecule has 0 aliphatic carbocycles. The van der Waals surface area contributed by atoms with Crippen LogP contribution in [0.2, 0.25) is 0 Å². The number of rotatable bonds is 18. The third kappa shape index (κ3) is 9.84. The average molecular weight is 1100 g/mol. The molecule has 0 saturated heterocycles. The summed E-state index contributed by atoms with van der Waals surface area (Å²) in [4.78, 5) is 0.